The van der Waals surface area contributed by atoms with E-state index in [4.69, 9.17) is 11.6 Å². The van der Waals surface area contributed by atoms with Gasteiger partial charge >= 0.3 is 5.56 Å². The van der Waals surface area contributed by atoms with Crippen LogP contribution in [0.1, 0.15) is 5.56 Å². The minimum atomic E-state index is -0.975. The molecule has 142 valence electrons. The zero-order valence-corrected chi connectivity index (χ0v) is 15.5. The average molecular weight is 401 g/mol. The molecule has 5 nitrogen and oxygen atoms in total. The van der Waals surface area contributed by atoms with E-state index in [1.165, 1.54) is 16.7 Å². The SMILES string of the molecule is Cn1ccc2c(Nc3nc(=O)c(F)cn3Cc3ccc(F)c(Cl)c3)cccc21. The third-order valence-electron chi connectivity index (χ3n) is 4.46. The summed E-state index contributed by atoms with van der Waals surface area (Å²) in [6.07, 6.45) is 2.99. The fraction of sp³-hybridized carbons (Fsp3) is 0.100. The van der Waals surface area contributed by atoms with Crippen LogP contribution in [0.5, 0.6) is 0 Å². The molecule has 2 aromatic heterocycles. The summed E-state index contributed by atoms with van der Waals surface area (Å²) in [6, 6.07) is 11.8. The van der Waals surface area contributed by atoms with Crippen molar-refractivity contribution >= 4 is 34.1 Å². The Morgan fingerprint density at radius 1 is 1.14 bits per heavy atom. The first-order valence-corrected chi connectivity index (χ1v) is 8.82. The fourth-order valence-corrected chi connectivity index (χ4v) is 3.26. The lowest BCUT2D eigenvalue weighted by Crippen LogP contribution is -2.20. The van der Waals surface area contributed by atoms with Crippen LogP contribution in [0.2, 0.25) is 5.02 Å². The molecule has 0 aliphatic heterocycles. The number of halogens is 3. The number of hydrogen-bond donors (Lipinski definition) is 1. The normalized spacial score (nSPS) is 11.1. The van der Waals surface area contributed by atoms with E-state index < -0.39 is 17.2 Å². The highest BCUT2D eigenvalue weighted by atomic mass is 35.5. The highest BCUT2D eigenvalue weighted by molar-refractivity contribution is 6.30. The first-order chi connectivity index (χ1) is 13.4. The van der Waals surface area contributed by atoms with Crippen LogP contribution in [0.25, 0.3) is 10.9 Å². The molecule has 4 aromatic rings. The van der Waals surface area contributed by atoms with Gasteiger partial charge in [0.25, 0.3) is 0 Å². The van der Waals surface area contributed by atoms with Crippen molar-refractivity contribution in [2.45, 2.75) is 6.54 Å². The molecule has 0 aliphatic carbocycles. The van der Waals surface area contributed by atoms with Gasteiger partial charge in [-0.05, 0) is 35.9 Å². The molecule has 1 N–H and O–H groups in total. The van der Waals surface area contributed by atoms with Crippen LogP contribution >= 0.6 is 11.6 Å². The van der Waals surface area contributed by atoms with Gasteiger partial charge in [0.2, 0.25) is 11.8 Å². The third kappa shape index (κ3) is 3.36. The van der Waals surface area contributed by atoms with E-state index in [9.17, 15) is 13.6 Å². The number of benzene rings is 2. The summed E-state index contributed by atoms with van der Waals surface area (Å²) in [5, 5.41) is 4.01. The number of nitrogens with zero attached hydrogens (tertiary/aromatic N) is 3. The smallest absolute Gasteiger partial charge is 0.310 e. The maximum Gasteiger partial charge on any atom is 0.310 e. The number of rotatable bonds is 4. The van der Waals surface area contributed by atoms with Crippen LogP contribution in [-0.4, -0.2) is 14.1 Å². The Balaban J connectivity index is 1.76. The van der Waals surface area contributed by atoms with E-state index in [-0.39, 0.29) is 17.5 Å². The number of hydrogen-bond acceptors (Lipinski definition) is 3. The Labute approximate surface area is 163 Å². The Hall–Kier alpha value is -3.19. The topological polar surface area (TPSA) is 51.9 Å². The molecule has 0 saturated carbocycles. The van der Waals surface area contributed by atoms with E-state index in [1.54, 1.807) is 6.07 Å². The lowest BCUT2D eigenvalue weighted by atomic mass is 10.2. The second-order valence-corrected chi connectivity index (χ2v) is 6.79. The summed E-state index contributed by atoms with van der Waals surface area (Å²) in [4.78, 5) is 15.6. The summed E-state index contributed by atoms with van der Waals surface area (Å²) in [7, 11) is 1.93. The Morgan fingerprint density at radius 3 is 2.75 bits per heavy atom. The predicted molar refractivity (Wildman–Crippen MR) is 105 cm³/mol. The quantitative estimate of drug-likeness (QED) is 0.550. The van der Waals surface area contributed by atoms with Crippen LogP contribution in [-0.2, 0) is 13.6 Å². The Bertz CT molecular complexity index is 1250. The monoisotopic (exact) mass is 400 g/mol. The second kappa shape index (κ2) is 7.09. The maximum atomic E-state index is 13.9. The standard InChI is InChI=1S/C20H15ClF2N4O/c1-26-8-7-13-17(3-2-4-18(13)26)24-20-25-19(28)16(23)11-27(20)10-12-5-6-15(22)14(21)9-12/h2-9,11H,10H2,1H3,(H,24,25,28). The zero-order valence-electron chi connectivity index (χ0n) is 14.8. The molecule has 0 spiro atoms. The number of aromatic nitrogens is 3. The zero-order chi connectivity index (χ0) is 19.8. The summed E-state index contributed by atoms with van der Waals surface area (Å²) in [5.41, 5.74) is 1.39. The molecule has 0 bridgehead atoms. The van der Waals surface area contributed by atoms with Gasteiger partial charge in [0.05, 0.1) is 17.3 Å². The molecule has 2 aromatic carbocycles. The van der Waals surface area contributed by atoms with E-state index in [1.807, 2.05) is 42.1 Å². The number of nitrogens with one attached hydrogen (secondary N) is 1. The summed E-state index contributed by atoms with van der Waals surface area (Å²) in [6.45, 7) is 0.150. The van der Waals surface area contributed by atoms with Crippen molar-refractivity contribution in [2.24, 2.45) is 7.05 Å². The van der Waals surface area contributed by atoms with Crippen LogP contribution in [0, 0.1) is 11.6 Å². The molecule has 0 aliphatic rings. The lowest BCUT2D eigenvalue weighted by Gasteiger charge is -2.15. The van der Waals surface area contributed by atoms with Gasteiger partial charge in [-0.3, -0.25) is 4.79 Å². The molecule has 8 heteroatoms. The van der Waals surface area contributed by atoms with Gasteiger partial charge in [-0.2, -0.15) is 9.37 Å². The number of aryl methyl sites for hydroxylation is 1. The van der Waals surface area contributed by atoms with Crippen LogP contribution in [0.4, 0.5) is 20.4 Å². The molecule has 0 saturated heterocycles. The van der Waals surface area contributed by atoms with Gasteiger partial charge < -0.3 is 14.5 Å². The van der Waals surface area contributed by atoms with Crippen molar-refractivity contribution in [3.8, 4) is 0 Å². The molecule has 4 rings (SSSR count). The second-order valence-electron chi connectivity index (χ2n) is 6.38. The molecular weight excluding hydrogens is 386 g/mol. The molecule has 2 heterocycles. The molecule has 0 atom stereocenters. The van der Waals surface area contributed by atoms with Crippen molar-refractivity contribution in [2.75, 3.05) is 5.32 Å². The summed E-state index contributed by atoms with van der Waals surface area (Å²) in [5.74, 6) is -1.34. The maximum absolute atomic E-state index is 13.9. The Morgan fingerprint density at radius 2 is 1.96 bits per heavy atom. The van der Waals surface area contributed by atoms with Gasteiger partial charge in [0.15, 0.2) is 0 Å². The average Bonchev–Trinajstić information content (AvgIpc) is 3.04. The molecular formula is C20H15ClF2N4O. The van der Waals surface area contributed by atoms with Crippen molar-refractivity contribution in [1.82, 2.24) is 14.1 Å². The predicted octanol–water partition coefficient (Wildman–Crippen LogP) is 4.46. The molecule has 0 radical (unpaired) electrons. The van der Waals surface area contributed by atoms with Gasteiger partial charge in [-0.1, -0.05) is 23.7 Å². The van der Waals surface area contributed by atoms with Crippen molar-refractivity contribution in [1.29, 1.82) is 0 Å². The third-order valence-corrected chi connectivity index (χ3v) is 4.75. The van der Waals surface area contributed by atoms with E-state index in [0.717, 1.165) is 22.8 Å². The minimum Gasteiger partial charge on any atom is -0.350 e. The highest BCUT2D eigenvalue weighted by Crippen LogP contribution is 2.26. The lowest BCUT2D eigenvalue weighted by molar-refractivity contribution is 0.578. The summed E-state index contributed by atoms with van der Waals surface area (Å²) < 4.78 is 30.7. The van der Waals surface area contributed by atoms with Crippen LogP contribution < -0.4 is 10.9 Å². The van der Waals surface area contributed by atoms with Crippen LogP contribution in [0.3, 0.4) is 0 Å². The van der Waals surface area contributed by atoms with Crippen molar-refractivity contribution in [3.63, 3.8) is 0 Å². The van der Waals surface area contributed by atoms with Crippen LogP contribution in [0.15, 0.2) is 59.7 Å². The summed E-state index contributed by atoms with van der Waals surface area (Å²) >= 11 is 5.83. The minimum absolute atomic E-state index is 0.0319. The highest BCUT2D eigenvalue weighted by Gasteiger charge is 2.12. The van der Waals surface area contributed by atoms with Gasteiger partial charge in [0, 0.05) is 30.3 Å². The molecule has 0 unspecified atom stereocenters. The molecule has 0 fully saturated rings. The largest absolute Gasteiger partial charge is 0.350 e. The van der Waals surface area contributed by atoms with Crippen molar-refractivity contribution in [3.05, 3.63) is 87.4 Å². The molecule has 28 heavy (non-hydrogen) atoms. The van der Waals surface area contributed by atoms with Crippen molar-refractivity contribution < 1.29 is 8.78 Å². The van der Waals surface area contributed by atoms with E-state index >= 15 is 0 Å². The van der Waals surface area contributed by atoms with Gasteiger partial charge in [-0.25, -0.2) is 4.39 Å². The number of fused-ring (bicyclic) bond motifs is 1. The first kappa shape index (κ1) is 18.2. The van der Waals surface area contributed by atoms with E-state index in [2.05, 4.69) is 10.3 Å². The van der Waals surface area contributed by atoms with Gasteiger partial charge in [0.1, 0.15) is 5.82 Å². The number of anilines is 2. The fourth-order valence-electron chi connectivity index (χ4n) is 3.05. The van der Waals surface area contributed by atoms with Gasteiger partial charge in [-0.15, -0.1) is 0 Å². The molecule has 0 amide bonds. The van der Waals surface area contributed by atoms with E-state index in [0.29, 0.717) is 5.56 Å². The Kier molecular flexibility index (Phi) is 4.60. The first-order valence-electron chi connectivity index (χ1n) is 8.44.